The number of hydrogen-bond acceptors (Lipinski definition) is 3. The molecule has 3 rings (SSSR count). The van der Waals surface area contributed by atoms with Gasteiger partial charge in [-0.1, -0.05) is 44.2 Å². The number of aromatic amines is 1. The molecule has 134 valence electrons. The Hall–Kier alpha value is -2.92. The second-order valence-electron chi connectivity index (χ2n) is 6.62. The van der Waals surface area contributed by atoms with Crippen molar-refractivity contribution in [1.29, 1.82) is 0 Å². The molecule has 0 fully saturated rings. The van der Waals surface area contributed by atoms with Crippen LogP contribution in [0.3, 0.4) is 0 Å². The fourth-order valence-electron chi connectivity index (χ4n) is 3.17. The first-order valence-electron chi connectivity index (χ1n) is 8.61. The molecule has 1 aromatic heterocycles. The molecule has 0 saturated carbocycles. The highest BCUT2D eigenvalue weighted by molar-refractivity contribution is 5.95. The summed E-state index contributed by atoms with van der Waals surface area (Å²) < 4.78 is 0. The van der Waals surface area contributed by atoms with Gasteiger partial charge in [-0.15, -0.1) is 0 Å². The van der Waals surface area contributed by atoms with E-state index in [-0.39, 0.29) is 11.8 Å². The maximum atomic E-state index is 11.9. The summed E-state index contributed by atoms with van der Waals surface area (Å²) in [5.74, 6) is -0.198. The maximum Gasteiger partial charge on any atom is 0.251 e. The van der Waals surface area contributed by atoms with Gasteiger partial charge < -0.3 is 15.4 Å². The Morgan fingerprint density at radius 1 is 1.15 bits per heavy atom. The number of rotatable bonds is 5. The van der Waals surface area contributed by atoms with Gasteiger partial charge >= 0.3 is 0 Å². The van der Waals surface area contributed by atoms with Gasteiger partial charge in [-0.25, -0.2) is 4.98 Å². The van der Waals surface area contributed by atoms with Crippen LogP contribution in [0.15, 0.2) is 61.1 Å². The molecule has 0 bridgehead atoms. The van der Waals surface area contributed by atoms with E-state index in [0.29, 0.717) is 11.3 Å². The molecule has 3 N–H and O–H groups in total. The van der Waals surface area contributed by atoms with E-state index in [4.69, 9.17) is 0 Å². The van der Waals surface area contributed by atoms with E-state index in [0.717, 1.165) is 16.7 Å². The predicted octanol–water partition coefficient (Wildman–Crippen LogP) is 3.33. The van der Waals surface area contributed by atoms with E-state index in [2.05, 4.69) is 15.3 Å². The van der Waals surface area contributed by atoms with Crippen LogP contribution < -0.4 is 5.32 Å². The average Bonchev–Trinajstić information content (AvgIpc) is 3.22. The van der Waals surface area contributed by atoms with Crippen LogP contribution in [0.5, 0.6) is 0 Å². The number of nitrogens with one attached hydrogen (secondary N) is 2. The van der Waals surface area contributed by atoms with E-state index in [1.54, 1.807) is 25.6 Å². The van der Waals surface area contributed by atoms with Crippen LogP contribution in [0.4, 0.5) is 0 Å². The lowest BCUT2D eigenvalue weighted by Crippen LogP contribution is -2.33. The standard InChI is InChI=1S/C21H23N3O2/c1-14(2)21(26,19-12-23-13-24-19)18-9-5-7-16(11-18)15-6-4-8-17(10-15)20(25)22-3/h4-14,26H,1-3H3,(H,22,25)(H,23,24). The van der Waals surface area contributed by atoms with Crippen LogP contribution in [-0.4, -0.2) is 28.0 Å². The van der Waals surface area contributed by atoms with Crippen LogP contribution >= 0.6 is 0 Å². The Morgan fingerprint density at radius 3 is 2.46 bits per heavy atom. The molecule has 1 unspecified atom stereocenters. The third-order valence-corrected chi connectivity index (χ3v) is 4.71. The molecule has 2 aromatic carbocycles. The molecule has 0 spiro atoms. The molecule has 0 aliphatic rings. The number of hydrogen-bond donors (Lipinski definition) is 3. The highest BCUT2D eigenvalue weighted by atomic mass is 16.3. The number of imidazole rings is 1. The van der Waals surface area contributed by atoms with Gasteiger partial charge in [0.1, 0.15) is 5.60 Å². The Kier molecular flexibility index (Phi) is 4.91. The van der Waals surface area contributed by atoms with E-state index >= 15 is 0 Å². The summed E-state index contributed by atoms with van der Waals surface area (Å²) in [5, 5.41) is 14.1. The molecule has 26 heavy (non-hydrogen) atoms. The minimum absolute atomic E-state index is 0.0711. The van der Waals surface area contributed by atoms with E-state index in [1.165, 1.54) is 0 Å². The largest absolute Gasteiger partial charge is 0.378 e. The van der Waals surface area contributed by atoms with Crippen molar-refractivity contribution in [2.75, 3.05) is 7.05 Å². The predicted molar refractivity (Wildman–Crippen MR) is 102 cm³/mol. The van der Waals surface area contributed by atoms with Crippen molar-refractivity contribution in [3.05, 3.63) is 77.9 Å². The zero-order valence-corrected chi connectivity index (χ0v) is 15.2. The summed E-state index contributed by atoms with van der Waals surface area (Å²) in [4.78, 5) is 19.1. The van der Waals surface area contributed by atoms with Crippen LogP contribution in [0.25, 0.3) is 11.1 Å². The van der Waals surface area contributed by atoms with Gasteiger partial charge in [0, 0.05) is 18.8 Å². The maximum absolute atomic E-state index is 11.9. The molecule has 0 aliphatic heterocycles. The van der Waals surface area contributed by atoms with Crippen molar-refractivity contribution in [2.45, 2.75) is 19.4 Å². The molecule has 3 aromatic rings. The fraction of sp³-hybridized carbons (Fsp3) is 0.238. The van der Waals surface area contributed by atoms with Gasteiger partial charge in [-0.05, 0) is 40.8 Å². The molecule has 1 atom stereocenters. The lowest BCUT2D eigenvalue weighted by atomic mass is 9.80. The summed E-state index contributed by atoms with van der Waals surface area (Å²) in [7, 11) is 1.61. The average molecular weight is 349 g/mol. The van der Waals surface area contributed by atoms with Crippen LogP contribution in [-0.2, 0) is 5.60 Å². The smallest absolute Gasteiger partial charge is 0.251 e. The van der Waals surface area contributed by atoms with Gasteiger partial charge in [0.05, 0.1) is 12.0 Å². The summed E-state index contributed by atoms with van der Waals surface area (Å²) in [6.45, 7) is 3.93. The topological polar surface area (TPSA) is 78.0 Å². The quantitative estimate of drug-likeness (QED) is 0.661. The van der Waals surface area contributed by atoms with Crippen molar-refractivity contribution < 1.29 is 9.90 Å². The molecule has 0 saturated heterocycles. The molecule has 1 amide bonds. The monoisotopic (exact) mass is 349 g/mol. The number of aromatic nitrogens is 2. The van der Waals surface area contributed by atoms with Crippen LogP contribution in [0.2, 0.25) is 0 Å². The lowest BCUT2D eigenvalue weighted by Gasteiger charge is -2.31. The third-order valence-electron chi connectivity index (χ3n) is 4.71. The van der Waals surface area contributed by atoms with Crippen molar-refractivity contribution >= 4 is 5.91 Å². The summed E-state index contributed by atoms with van der Waals surface area (Å²) in [5.41, 5.74) is 2.60. The van der Waals surface area contributed by atoms with Crippen LogP contribution in [0.1, 0.15) is 35.5 Å². The Balaban J connectivity index is 2.07. The first-order chi connectivity index (χ1) is 12.5. The normalized spacial score (nSPS) is 13.4. The second kappa shape index (κ2) is 7.14. The van der Waals surface area contributed by atoms with Gasteiger partial charge in [0.25, 0.3) is 5.91 Å². The third kappa shape index (κ3) is 3.13. The molecule has 0 radical (unpaired) electrons. The second-order valence-corrected chi connectivity index (χ2v) is 6.62. The van der Waals surface area contributed by atoms with Gasteiger partial charge in [-0.2, -0.15) is 0 Å². The Bertz CT molecular complexity index is 903. The molecule has 1 heterocycles. The molecular weight excluding hydrogens is 326 g/mol. The summed E-state index contributed by atoms with van der Waals surface area (Å²) >= 11 is 0. The number of carbonyl (C=O) groups is 1. The highest BCUT2D eigenvalue weighted by Gasteiger charge is 2.37. The van der Waals surface area contributed by atoms with E-state index < -0.39 is 5.60 Å². The number of benzene rings is 2. The van der Waals surface area contributed by atoms with Crippen molar-refractivity contribution in [1.82, 2.24) is 15.3 Å². The van der Waals surface area contributed by atoms with E-state index in [9.17, 15) is 9.90 Å². The van der Waals surface area contributed by atoms with Gasteiger partial charge in [-0.3, -0.25) is 4.79 Å². The Labute approximate surface area is 153 Å². The minimum atomic E-state index is -1.20. The van der Waals surface area contributed by atoms with Gasteiger partial charge in [0.2, 0.25) is 0 Å². The molecular formula is C21H23N3O2. The highest BCUT2D eigenvalue weighted by Crippen LogP contribution is 2.37. The van der Waals surface area contributed by atoms with E-state index in [1.807, 2.05) is 56.3 Å². The molecule has 5 nitrogen and oxygen atoms in total. The summed E-state index contributed by atoms with van der Waals surface area (Å²) in [6, 6.07) is 15.2. The first kappa shape index (κ1) is 17.9. The number of H-pyrrole nitrogens is 1. The number of amides is 1. The van der Waals surface area contributed by atoms with Crippen molar-refractivity contribution in [2.24, 2.45) is 5.92 Å². The Morgan fingerprint density at radius 2 is 1.85 bits per heavy atom. The SMILES string of the molecule is CNC(=O)c1cccc(-c2cccc(C(O)(c3c[nH]cn3)C(C)C)c2)c1. The molecule has 5 heteroatoms. The van der Waals surface area contributed by atoms with Gasteiger partial charge in [0.15, 0.2) is 0 Å². The zero-order chi connectivity index (χ0) is 18.7. The van der Waals surface area contributed by atoms with Crippen LogP contribution in [0, 0.1) is 5.92 Å². The zero-order valence-electron chi connectivity index (χ0n) is 15.2. The first-order valence-corrected chi connectivity index (χ1v) is 8.61. The number of aliphatic hydroxyl groups is 1. The van der Waals surface area contributed by atoms with Crippen molar-refractivity contribution in [3.63, 3.8) is 0 Å². The summed E-state index contributed by atoms with van der Waals surface area (Å²) in [6.07, 6.45) is 3.29. The minimum Gasteiger partial charge on any atom is -0.378 e. The number of carbonyl (C=O) groups excluding carboxylic acids is 1. The number of nitrogens with zero attached hydrogens (tertiary/aromatic N) is 1. The molecule has 0 aliphatic carbocycles. The fourth-order valence-corrected chi connectivity index (χ4v) is 3.17. The lowest BCUT2D eigenvalue weighted by molar-refractivity contribution is 0.0280. The van der Waals surface area contributed by atoms with Crippen molar-refractivity contribution in [3.8, 4) is 11.1 Å².